The first-order valence-electron chi connectivity index (χ1n) is 11.1. The molecule has 4 heterocycles. The Labute approximate surface area is 190 Å². The van der Waals surface area contributed by atoms with Crippen molar-refractivity contribution < 1.29 is 4.39 Å². The van der Waals surface area contributed by atoms with Crippen LogP contribution in [0.2, 0.25) is 0 Å². The number of benzene rings is 1. The summed E-state index contributed by atoms with van der Waals surface area (Å²) in [5.74, 6) is 0. The van der Waals surface area contributed by atoms with Gasteiger partial charge >= 0.3 is 0 Å². The maximum atomic E-state index is 14.0. The number of fused-ring (bicyclic) bond motifs is 3. The third-order valence-corrected chi connectivity index (χ3v) is 7.90. The van der Waals surface area contributed by atoms with E-state index < -0.39 is 6.17 Å². The van der Waals surface area contributed by atoms with Crippen LogP contribution in [0.3, 0.4) is 0 Å². The molecule has 164 valence electrons. The Morgan fingerprint density at radius 3 is 3.03 bits per heavy atom. The molecule has 0 amide bonds. The van der Waals surface area contributed by atoms with Gasteiger partial charge in [-0.25, -0.2) is 9.37 Å². The zero-order chi connectivity index (χ0) is 21.8. The highest BCUT2D eigenvalue weighted by Crippen LogP contribution is 2.41. The molecular formula is C24H25FN6S. The standard InChI is InChI=1S/C24H25FN6S/c1-14-10-30(21-5-2-15(7-26)23-24(21)32-13-28-23)12-22-18-4-3-17(6-16(18)11-31(14)22)29-20-9-27-8-19(20)25/h2-3,5-6,13-14,19-20,27,29H,4,8-12H2,1H3/t14-,19-,20+/m1/s1. The summed E-state index contributed by atoms with van der Waals surface area (Å²) in [5.41, 5.74) is 9.62. The Bertz CT molecular complexity index is 1220. The fraction of sp³-hybridized carbons (Fsp3) is 0.417. The van der Waals surface area contributed by atoms with Gasteiger partial charge in [0.25, 0.3) is 0 Å². The minimum absolute atomic E-state index is 0.149. The highest BCUT2D eigenvalue weighted by Gasteiger charge is 2.37. The van der Waals surface area contributed by atoms with Crippen LogP contribution in [0.15, 0.2) is 52.3 Å². The number of alkyl halides is 1. The molecule has 1 aliphatic carbocycles. The van der Waals surface area contributed by atoms with Crippen molar-refractivity contribution in [2.75, 3.05) is 37.6 Å². The molecule has 0 saturated carbocycles. The number of rotatable bonds is 3. The van der Waals surface area contributed by atoms with E-state index in [1.165, 1.54) is 16.8 Å². The van der Waals surface area contributed by atoms with Gasteiger partial charge in [-0.05, 0) is 42.7 Å². The Hall–Kier alpha value is -2.89. The molecule has 6 rings (SSSR count). The summed E-state index contributed by atoms with van der Waals surface area (Å²) < 4.78 is 15.1. The number of nitrogens with one attached hydrogen (secondary N) is 2. The van der Waals surface area contributed by atoms with E-state index in [1.54, 1.807) is 11.3 Å². The van der Waals surface area contributed by atoms with Crippen LogP contribution in [0.5, 0.6) is 0 Å². The van der Waals surface area contributed by atoms with E-state index in [1.807, 2.05) is 11.6 Å². The summed E-state index contributed by atoms with van der Waals surface area (Å²) in [4.78, 5) is 9.40. The van der Waals surface area contributed by atoms with Gasteiger partial charge in [-0.15, -0.1) is 11.3 Å². The molecule has 1 aromatic carbocycles. The van der Waals surface area contributed by atoms with Crippen LogP contribution in [0.25, 0.3) is 10.2 Å². The first-order valence-corrected chi connectivity index (χ1v) is 12.0. The number of anilines is 1. The van der Waals surface area contributed by atoms with E-state index in [0.717, 1.165) is 47.7 Å². The molecule has 1 aromatic heterocycles. The Morgan fingerprint density at radius 1 is 1.31 bits per heavy atom. The summed E-state index contributed by atoms with van der Waals surface area (Å²) in [6, 6.07) is 6.46. The lowest BCUT2D eigenvalue weighted by Crippen LogP contribution is -2.49. The number of allylic oxidation sites excluding steroid dienone is 2. The zero-order valence-electron chi connectivity index (χ0n) is 17.9. The predicted molar refractivity (Wildman–Crippen MR) is 125 cm³/mol. The number of hydrogen-bond acceptors (Lipinski definition) is 7. The fourth-order valence-electron chi connectivity index (χ4n) is 5.41. The van der Waals surface area contributed by atoms with Crippen molar-refractivity contribution in [1.29, 1.82) is 5.26 Å². The van der Waals surface area contributed by atoms with E-state index in [2.05, 4.69) is 56.6 Å². The average molecular weight is 449 g/mol. The fourth-order valence-corrected chi connectivity index (χ4v) is 6.26. The largest absolute Gasteiger partial charge is 0.378 e. The van der Waals surface area contributed by atoms with Crippen LogP contribution in [-0.4, -0.2) is 60.9 Å². The molecule has 0 spiro atoms. The van der Waals surface area contributed by atoms with Gasteiger partial charge in [0.15, 0.2) is 0 Å². The maximum absolute atomic E-state index is 14.0. The molecule has 8 heteroatoms. The van der Waals surface area contributed by atoms with Crippen molar-refractivity contribution in [3.05, 3.63) is 57.9 Å². The summed E-state index contributed by atoms with van der Waals surface area (Å²) >= 11 is 1.60. The van der Waals surface area contributed by atoms with Crippen LogP contribution in [0.1, 0.15) is 18.9 Å². The van der Waals surface area contributed by atoms with Gasteiger partial charge in [0.1, 0.15) is 17.8 Å². The van der Waals surface area contributed by atoms with Gasteiger partial charge in [-0.3, -0.25) is 0 Å². The molecule has 0 unspecified atom stereocenters. The molecule has 6 nitrogen and oxygen atoms in total. The third kappa shape index (κ3) is 3.11. The molecule has 2 aromatic rings. The smallest absolute Gasteiger partial charge is 0.134 e. The zero-order valence-corrected chi connectivity index (χ0v) is 18.8. The summed E-state index contributed by atoms with van der Waals surface area (Å²) in [6.07, 6.45) is 4.46. The van der Waals surface area contributed by atoms with Crippen LogP contribution >= 0.6 is 11.3 Å². The Kier molecular flexibility index (Phi) is 4.70. The number of nitriles is 1. The SMILES string of the molecule is C[C@@H]1CN(c2ccc(C#N)c3ncsc23)CC2=C3CC=C(N[C@H]4CNC[C@H]4F)C=C3CN21. The highest BCUT2D eigenvalue weighted by molar-refractivity contribution is 7.17. The number of piperazine rings is 1. The van der Waals surface area contributed by atoms with E-state index in [4.69, 9.17) is 0 Å². The van der Waals surface area contributed by atoms with Crippen LogP contribution < -0.4 is 15.5 Å². The van der Waals surface area contributed by atoms with Gasteiger partial charge in [-0.1, -0.05) is 6.08 Å². The summed E-state index contributed by atoms with van der Waals surface area (Å²) in [5, 5.41) is 15.9. The highest BCUT2D eigenvalue weighted by atomic mass is 32.1. The van der Waals surface area contributed by atoms with E-state index in [9.17, 15) is 9.65 Å². The number of thiazole rings is 1. The van der Waals surface area contributed by atoms with Crippen molar-refractivity contribution in [2.24, 2.45) is 0 Å². The predicted octanol–water partition coefficient (Wildman–Crippen LogP) is 3.06. The van der Waals surface area contributed by atoms with Gasteiger partial charge < -0.3 is 20.4 Å². The van der Waals surface area contributed by atoms with Crippen LogP contribution in [-0.2, 0) is 0 Å². The van der Waals surface area contributed by atoms with Crippen molar-refractivity contribution in [2.45, 2.75) is 31.6 Å². The van der Waals surface area contributed by atoms with Gasteiger partial charge in [0, 0.05) is 43.6 Å². The van der Waals surface area contributed by atoms with Gasteiger partial charge in [-0.2, -0.15) is 5.26 Å². The molecule has 0 radical (unpaired) electrons. The van der Waals surface area contributed by atoms with E-state index >= 15 is 0 Å². The molecule has 0 bridgehead atoms. The molecule has 4 aliphatic rings. The molecule has 3 aliphatic heterocycles. The van der Waals surface area contributed by atoms with Gasteiger partial charge in [0.05, 0.1) is 34.0 Å². The number of aromatic nitrogens is 1. The minimum atomic E-state index is -0.839. The lowest BCUT2D eigenvalue weighted by atomic mass is 9.96. The maximum Gasteiger partial charge on any atom is 0.134 e. The lowest BCUT2D eigenvalue weighted by molar-refractivity contribution is 0.274. The topological polar surface area (TPSA) is 67.2 Å². The Morgan fingerprint density at radius 2 is 2.22 bits per heavy atom. The number of hydrogen-bond donors (Lipinski definition) is 2. The minimum Gasteiger partial charge on any atom is -0.378 e. The first kappa shape index (κ1) is 19.8. The lowest BCUT2D eigenvalue weighted by Gasteiger charge is -2.42. The summed E-state index contributed by atoms with van der Waals surface area (Å²) in [6.45, 7) is 6.09. The number of halogens is 1. The first-order chi connectivity index (χ1) is 15.6. The second-order valence-electron chi connectivity index (χ2n) is 9.02. The van der Waals surface area contributed by atoms with Crippen molar-refractivity contribution in [1.82, 2.24) is 20.5 Å². The van der Waals surface area contributed by atoms with E-state index in [-0.39, 0.29) is 6.04 Å². The molecule has 3 atom stereocenters. The molecular weight excluding hydrogens is 423 g/mol. The quantitative estimate of drug-likeness (QED) is 0.752. The average Bonchev–Trinajstić information content (AvgIpc) is 3.52. The van der Waals surface area contributed by atoms with Crippen LogP contribution in [0, 0.1) is 11.3 Å². The second-order valence-corrected chi connectivity index (χ2v) is 9.87. The number of nitrogens with zero attached hydrogens (tertiary/aromatic N) is 4. The molecule has 32 heavy (non-hydrogen) atoms. The normalized spacial score (nSPS) is 27.2. The molecule has 2 fully saturated rings. The second kappa shape index (κ2) is 7.61. The monoisotopic (exact) mass is 448 g/mol. The molecule has 2 N–H and O–H groups in total. The van der Waals surface area contributed by atoms with E-state index in [0.29, 0.717) is 24.7 Å². The van der Waals surface area contributed by atoms with Crippen LogP contribution in [0.4, 0.5) is 10.1 Å². The van der Waals surface area contributed by atoms with Gasteiger partial charge in [0.2, 0.25) is 0 Å². The van der Waals surface area contributed by atoms with Crippen molar-refractivity contribution >= 4 is 27.2 Å². The van der Waals surface area contributed by atoms with Crippen molar-refractivity contribution in [3.8, 4) is 6.07 Å². The van der Waals surface area contributed by atoms with Crippen molar-refractivity contribution in [3.63, 3.8) is 0 Å². The Balaban J connectivity index is 1.29. The molecule has 2 saturated heterocycles. The third-order valence-electron chi connectivity index (χ3n) is 7.05. The summed E-state index contributed by atoms with van der Waals surface area (Å²) in [7, 11) is 0.